The molecule has 0 bridgehead atoms. The molecule has 0 fully saturated rings. The highest BCUT2D eigenvalue weighted by Crippen LogP contribution is 2.28. The van der Waals surface area contributed by atoms with E-state index >= 15 is 0 Å². The Morgan fingerprint density at radius 3 is 1.72 bits per heavy atom. The zero-order chi connectivity index (χ0) is 20.3. The molecule has 3 rings (SSSR count). The summed E-state index contributed by atoms with van der Waals surface area (Å²) in [6.07, 6.45) is 2.04. The molecule has 3 aromatic carbocycles. The maximum atomic E-state index is 6.06. The molecule has 0 N–H and O–H groups in total. The molecule has 0 aliphatic rings. The molecule has 0 aliphatic heterocycles. The number of hydrogen-bond donors (Lipinski definition) is 0. The van der Waals surface area contributed by atoms with Gasteiger partial charge in [0.05, 0.1) is 0 Å². The Kier molecular flexibility index (Phi) is 8.53. The second kappa shape index (κ2) is 11.6. The normalized spacial score (nSPS) is 11.3. The third-order valence-corrected chi connectivity index (χ3v) is 6.45. The van der Waals surface area contributed by atoms with Gasteiger partial charge in [-0.25, -0.2) is 0 Å². The Labute approximate surface area is 181 Å². The van der Waals surface area contributed by atoms with E-state index in [1.165, 1.54) is 0 Å². The molecule has 5 heteroatoms. The second-order valence-corrected chi connectivity index (χ2v) is 8.36. The number of nitrogens with zero attached hydrogens (tertiary/aromatic N) is 1. The lowest BCUT2D eigenvalue weighted by Crippen LogP contribution is -1.99. The van der Waals surface area contributed by atoms with Crippen molar-refractivity contribution in [3.63, 3.8) is 0 Å². The van der Waals surface area contributed by atoms with Gasteiger partial charge in [-0.15, -0.1) is 11.8 Å². The molecule has 3 aromatic rings. The molecule has 150 valence electrons. The van der Waals surface area contributed by atoms with E-state index in [0.29, 0.717) is 13.2 Å². The zero-order valence-electron chi connectivity index (χ0n) is 16.7. The van der Waals surface area contributed by atoms with Crippen LogP contribution in [0, 0.1) is 0 Å². The van der Waals surface area contributed by atoms with Crippen LogP contribution in [0.1, 0.15) is 16.7 Å². The van der Waals surface area contributed by atoms with Gasteiger partial charge >= 0.3 is 0 Å². The van der Waals surface area contributed by atoms with Gasteiger partial charge in [-0.05, 0) is 35.1 Å². The number of aliphatic imine (C=N–C) groups is 1. The maximum absolute atomic E-state index is 6.06. The minimum Gasteiger partial charge on any atom is -0.489 e. The van der Waals surface area contributed by atoms with Crippen molar-refractivity contribution in [1.29, 1.82) is 0 Å². The largest absolute Gasteiger partial charge is 0.489 e. The average molecular weight is 424 g/mol. The van der Waals surface area contributed by atoms with Gasteiger partial charge < -0.3 is 9.47 Å². The van der Waals surface area contributed by atoms with Crippen LogP contribution in [0.4, 0.5) is 0 Å². The Balaban J connectivity index is 1.73. The molecule has 0 unspecified atom stereocenters. The van der Waals surface area contributed by atoms with Crippen molar-refractivity contribution in [2.45, 2.75) is 19.0 Å². The smallest absolute Gasteiger partial charge is 0.124 e. The standard InChI is InChI=1S/C24H25NO2S2/c1-25-24(28-2)29-18-21-13-22(26-16-19-9-5-3-6-10-19)15-23(14-21)27-17-20-11-7-4-8-12-20/h3-15H,16-18H2,1-2H3. The van der Waals surface area contributed by atoms with Crippen LogP contribution < -0.4 is 9.47 Å². The van der Waals surface area contributed by atoms with Crippen molar-refractivity contribution in [1.82, 2.24) is 0 Å². The summed E-state index contributed by atoms with van der Waals surface area (Å²) in [6.45, 7) is 1.06. The number of benzene rings is 3. The SMILES string of the molecule is CN=C(SC)SCc1cc(OCc2ccccc2)cc(OCc2ccccc2)c1. The average Bonchev–Trinajstić information content (AvgIpc) is 2.78. The maximum Gasteiger partial charge on any atom is 0.124 e. The molecular weight excluding hydrogens is 398 g/mol. The van der Waals surface area contributed by atoms with Crippen molar-refractivity contribution < 1.29 is 9.47 Å². The highest BCUT2D eigenvalue weighted by molar-refractivity contribution is 8.38. The summed E-state index contributed by atoms with van der Waals surface area (Å²) >= 11 is 3.39. The van der Waals surface area contributed by atoms with Gasteiger partial charge in [0.25, 0.3) is 0 Å². The second-order valence-electron chi connectivity index (χ2n) is 6.34. The van der Waals surface area contributed by atoms with Crippen molar-refractivity contribution in [2.24, 2.45) is 4.99 Å². The van der Waals surface area contributed by atoms with Crippen LogP contribution in [-0.4, -0.2) is 17.7 Å². The van der Waals surface area contributed by atoms with Crippen molar-refractivity contribution in [3.8, 4) is 11.5 Å². The van der Waals surface area contributed by atoms with Crippen LogP contribution in [-0.2, 0) is 19.0 Å². The first-order chi connectivity index (χ1) is 14.3. The predicted octanol–water partition coefficient (Wildman–Crippen LogP) is 6.43. The molecule has 0 spiro atoms. The third-order valence-electron chi connectivity index (χ3n) is 4.16. The lowest BCUT2D eigenvalue weighted by atomic mass is 10.2. The van der Waals surface area contributed by atoms with Crippen molar-refractivity contribution >= 4 is 27.9 Å². The van der Waals surface area contributed by atoms with Crippen LogP contribution in [0.2, 0.25) is 0 Å². The van der Waals surface area contributed by atoms with Crippen LogP contribution in [0.15, 0.2) is 83.9 Å². The van der Waals surface area contributed by atoms with Gasteiger partial charge in [0.2, 0.25) is 0 Å². The van der Waals surface area contributed by atoms with E-state index in [1.807, 2.05) is 55.8 Å². The Hall–Kier alpha value is -2.37. The van der Waals surface area contributed by atoms with Gasteiger partial charge in [-0.1, -0.05) is 72.4 Å². The quantitative estimate of drug-likeness (QED) is 0.309. The minimum absolute atomic E-state index is 0.530. The Morgan fingerprint density at radius 2 is 1.28 bits per heavy atom. The van der Waals surface area contributed by atoms with E-state index in [9.17, 15) is 0 Å². The Bertz CT molecular complexity index is 853. The summed E-state index contributed by atoms with van der Waals surface area (Å²) in [4.78, 5) is 4.30. The van der Waals surface area contributed by atoms with E-state index in [1.54, 1.807) is 23.5 Å². The van der Waals surface area contributed by atoms with Crippen LogP contribution in [0.3, 0.4) is 0 Å². The number of hydrogen-bond acceptors (Lipinski definition) is 5. The number of ether oxygens (including phenoxy) is 2. The van der Waals surface area contributed by atoms with Gasteiger partial charge in [0, 0.05) is 18.9 Å². The Morgan fingerprint density at radius 1 is 0.759 bits per heavy atom. The molecule has 0 atom stereocenters. The van der Waals surface area contributed by atoms with E-state index in [4.69, 9.17) is 9.47 Å². The van der Waals surface area contributed by atoms with E-state index < -0.39 is 0 Å². The topological polar surface area (TPSA) is 30.8 Å². The van der Waals surface area contributed by atoms with Gasteiger partial charge in [0.1, 0.15) is 29.1 Å². The summed E-state index contributed by atoms with van der Waals surface area (Å²) in [5, 5.41) is 0. The highest BCUT2D eigenvalue weighted by Gasteiger charge is 2.07. The zero-order valence-corrected chi connectivity index (χ0v) is 18.3. The molecular formula is C24H25NO2S2. The van der Waals surface area contributed by atoms with Crippen molar-refractivity contribution in [3.05, 3.63) is 95.6 Å². The molecule has 0 aromatic heterocycles. The lowest BCUT2D eigenvalue weighted by molar-refractivity contribution is 0.289. The van der Waals surface area contributed by atoms with Gasteiger partial charge in [-0.3, -0.25) is 4.99 Å². The van der Waals surface area contributed by atoms with Crippen LogP contribution in [0.25, 0.3) is 0 Å². The third kappa shape index (κ3) is 7.18. The van der Waals surface area contributed by atoms with E-state index in [-0.39, 0.29) is 0 Å². The summed E-state index contributed by atoms with van der Waals surface area (Å²) in [5.74, 6) is 2.45. The number of rotatable bonds is 8. The fourth-order valence-corrected chi connectivity index (χ4v) is 4.14. The van der Waals surface area contributed by atoms with Crippen LogP contribution in [0.5, 0.6) is 11.5 Å². The molecule has 29 heavy (non-hydrogen) atoms. The van der Waals surface area contributed by atoms with Gasteiger partial charge in [0.15, 0.2) is 0 Å². The summed E-state index contributed by atoms with van der Waals surface area (Å²) in [6, 6.07) is 26.5. The fraction of sp³-hybridized carbons (Fsp3) is 0.208. The molecule has 3 nitrogen and oxygen atoms in total. The fourth-order valence-electron chi connectivity index (χ4n) is 2.72. The summed E-state index contributed by atoms with van der Waals surface area (Å²) in [7, 11) is 1.83. The van der Waals surface area contributed by atoms with E-state index in [2.05, 4.69) is 41.4 Å². The first-order valence-corrected chi connectivity index (χ1v) is 11.6. The minimum atomic E-state index is 0.530. The van der Waals surface area contributed by atoms with Crippen molar-refractivity contribution in [2.75, 3.05) is 13.3 Å². The molecule has 0 amide bonds. The lowest BCUT2D eigenvalue weighted by Gasteiger charge is -2.13. The molecule has 0 aliphatic carbocycles. The summed E-state index contributed by atoms with van der Waals surface area (Å²) in [5.41, 5.74) is 3.43. The molecule has 0 saturated heterocycles. The number of thioether (sulfide) groups is 2. The molecule has 0 saturated carbocycles. The predicted molar refractivity (Wildman–Crippen MR) is 126 cm³/mol. The monoisotopic (exact) mass is 423 g/mol. The van der Waals surface area contributed by atoms with Crippen LogP contribution >= 0.6 is 23.5 Å². The van der Waals surface area contributed by atoms with E-state index in [0.717, 1.165) is 38.3 Å². The molecule has 0 heterocycles. The summed E-state index contributed by atoms with van der Waals surface area (Å²) < 4.78 is 13.2. The first kappa shape index (κ1) is 21.3. The van der Waals surface area contributed by atoms with Gasteiger partial charge in [-0.2, -0.15) is 0 Å². The first-order valence-electron chi connectivity index (χ1n) is 9.38. The molecule has 0 radical (unpaired) electrons. The highest BCUT2D eigenvalue weighted by atomic mass is 32.2.